The second-order valence-corrected chi connectivity index (χ2v) is 8.10. The topological polar surface area (TPSA) is 63.6 Å². The smallest absolute Gasteiger partial charge is 0.408 e. The molecule has 4 aromatic rings. The van der Waals surface area contributed by atoms with Crippen molar-refractivity contribution >= 4 is 28.6 Å². The molecule has 3 aromatic carbocycles. The highest BCUT2D eigenvalue weighted by Gasteiger charge is 2.20. The van der Waals surface area contributed by atoms with Crippen LogP contribution >= 0.6 is 0 Å². The summed E-state index contributed by atoms with van der Waals surface area (Å²) in [7, 11) is 0. The van der Waals surface area contributed by atoms with Crippen molar-refractivity contribution in [3.8, 4) is 5.75 Å². The summed E-state index contributed by atoms with van der Waals surface area (Å²) in [6.45, 7) is 4.81. The van der Waals surface area contributed by atoms with E-state index in [0.717, 1.165) is 17.7 Å². The molecule has 0 bridgehead atoms. The summed E-state index contributed by atoms with van der Waals surface area (Å²) in [4.78, 5) is 27.0. The van der Waals surface area contributed by atoms with Gasteiger partial charge >= 0.3 is 6.09 Å². The average Bonchev–Trinajstić information content (AvgIpc) is 3.23. The minimum atomic E-state index is -0.896. The minimum absolute atomic E-state index is 0.0770. The van der Waals surface area contributed by atoms with Gasteiger partial charge in [-0.2, -0.15) is 0 Å². The summed E-state index contributed by atoms with van der Waals surface area (Å²) in [5.74, 6) is -2.85. The lowest BCUT2D eigenvalue weighted by Gasteiger charge is -2.20. The van der Waals surface area contributed by atoms with E-state index in [1.165, 1.54) is 23.1 Å². The van der Waals surface area contributed by atoms with Crippen LogP contribution in [0.5, 0.6) is 5.75 Å². The van der Waals surface area contributed by atoms with Crippen molar-refractivity contribution in [3.63, 3.8) is 0 Å². The molecule has 0 unspecified atom stereocenters. The monoisotopic (exact) mass is 495 g/mol. The molecule has 36 heavy (non-hydrogen) atoms. The Labute approximate surface area is 205 Å². The van der Waals surface area contributed by atoms with Crippen LogP contribution in [0.3, 0.4) is 0 Å². The zero-order valence-electron chi connectivity index (χ0n) is 19.7. The molecule has 4 rings (SSSR count). The number of nitrogens with one attached hydrogen (secondary N) is 1. The van der Waals surface area contributed by atoms with Gasteiger partial charge in [0.05, 0.1) is 11.2 Å². The molecule has 1 heterocycles. The van der Waals surface area contributed by atoms with Gasteiger partial charge in [0.2, 0.25) is 0 Å². The minimum Gasteiger partial charge on any atom is -0.408 e. The van der Waals surface area contributed by atoms with Crippen molar-refractivity contribution in [2.45, 2.75) is 20.4 Å². The summed E-state index contributed by atoms with van der Waals surface area (Å²) >= 11 is 0. The van der Waals surface area contributed by atoms with Crippen molar-refractivity contribution in [3.05, 3.63) is 95.4 Å². The maximum atomic E-state index is 13.7. The molecular formula is C27H24F3N3O3. The average molecular weight is 496 g/mol. The maximum Gasteiger partial charge on any atom is 0.415 e. The van der Waals surface area contributed by atoms with Gasteiger partial charge in [-0.05, 0) is 61.9 Å². The van der Waals surface area contributed by atoms with Gasteiger partial charge in [0.25, 0.3) is 5.91 Å². The zero-order valence-corrected chi connectivity index (χ0v) is 19.7. The largest absolute Gasteiger partial charge is 0.415 e. The van der Waals surface area contributed by atoms with Crippen LogP contribution in [-0.4, -0.2) is 34.6 Å². The van der Waals surface area contributed by atoms with E-state index in [0.29, 0.717) is 36.6 Å². The van der Waals surface area contributed by atoms with Crippen LogP contribution in [0, 0.1) is 17.5 Å². The Kier molecular flexibility index (Phi) is 7.28. The Hall–Kier alpha value is -4.27. The number of fused-ring (bicyclic) bond motifs is 1. The quantitative estimate of drug-likeness (QED) is 0.332. The highest BCUT2D eigenvalue weighted by Crippen LogP contribution is 2.35. The summed E-state index contributed by atoms with van der Waals surface area (Å²) in [5.41, 5.74) is 1.33. The van der Waals surface area contributed by atoms with Gasteiger partial charge in [-0.1, -0.05) is 12.1 Å². The fourth-order valence-corrected chi connectivity index (χ4v) is 3.95. The van der Waals surface area contributed by atoms with Gasteiger partial charge < -0.3 is 19.5 Å². The molecule has 0 aliphatic heterocycles. The molecule has 1 aromatic heterocycles. The van der Waals surface area contributed by atoms with Crippen LogP contribution in [0.4, 0.5) is 23.7 Å². The van der Waals surface area contributed by atoms with Crippen molar-refractivity contribution in [2.24, 2.45) is 0 Å². The van der Waals surface area contributed by atoms with E-state index < -0.39 is 23.6 Å². The van der Waals surface area contributed by atoms with Crippen molar-refractivity contribution in [1.82, 2.24) is 9.47 Å². The molecule has 0 saturated carbocycles. The Morgan fingerprint density at radius 3 is 2.31 bits per heavy atom. The van der Waals surface area contributed by atoms with Crippen molar-refractivity contribution in [2.75, 3.05) is 18.4 Å². The first kappa shape index (κ1) is 24.8. The highest BCUT2D eigenvalue weighted by molar-refractivity contribution is 6.10. The molecule has 186 valence electrons. The lowest BCUT2D eigenvalue weighted by atomic mass is 10.1. The third-order valence-corrected chi connectivity index (χ3v) is 5.74. The standard InChI is InChI=1S/C27H24F3N3O3/c1-3-32(4-2)27(35)36-24-9-8-23-22(10-11-33(23)16-17-6-5-7-19(28)12-17)25(24)31-26(34)18-13-20(29)15-21(30)14-18/h5-15H,3-4,16H2,1-2H3,(H,31,34). The molecule has 6 nitrogen and oxygen atoms in total. The highest BCUT2D eigenvalue weighted by atomic mass is 19.1. The van der Waals surface area contributed by atoms with Gasteiger partial charge in [0.15, 0.2) is 5.75 Å². The van der Waals surface area contributed by atoms with E-state index in [9.17, 15) is 22.8 Å². The number of rotatable bonds is 7. The number of aromatic nitrogens is 1. The number of nitrogens with zero attached hydrogens (tertiary/aromatic N) is 2. The number of carbonyl (C=O) groups is 2. The van der Waals surface area contributed by atoms with Gasteiger partial charge in [-0.25, -0.2) is 18.0 Å². The number of halogens is 3. The fourth-order valence-electron chi connectivity index (χ4n) is 3.95. The zero-order chi connectivity index (χ0) is 25.8. The second-order valence-electron chi connectivity index (χ2n) is 8.10. The number of hydrogen-bond donors (Lipinski definition) is 1. The first-order chi connectivity index (χ1) is 17.3. The Morgan fingerprint density at radius 1 is 0.917 bits per heavy atom. The summed E-state index contributed by atoms with van der Waals surface area (Å²) in [6.07, 6.45) is 1.15. The molecular weight excluding hydrogens is 471 g/mol. The number of amides is 2. The van der Waals surface area contributed by atoms with E-state index in [2.05, 4.69) is 5.32 Å². The lowest BCUT2D eigenvalue weighted by Crippen LogP contribution is -2.33. The second kappa shape index (κ2) is 10.6. The van der Waals surface area contributed by atoms with Crippen LogP contribution in [0.25, 0.3) is 10.9 Å². The summed E-state index contributed by atoms with van der Waals surface area (Å²) in [6, 6.07) is 13.6. The number of carbonyl (C=O) groups excluding carboxylic acids is 2. The number of ether oxygens (including phenoxy) is 1. The Bertz CT molecular complexity index is 1410. The van der Waals surface area contributed by atoms with Gasteiger partial charge in [-0.15, -0.1) is 0 Å². The van der Waals surface area contributed by atoms with Crippen LogP contribution in [0.2, 0.25) is 0 Å². The molecule has 0 spiro atoms. The first-order valence-corrected chi connectivity index (χ1v) is 11.4. The Morgan fingerprint density at radius 2 is 1.64 bits per heavy atom. The van der Waals surface area contributed by atoms with Crippen molar-refractivity contribution < 1.29 is 27.5 Å². The molecule has 0 aliphatic carbocycles. The van der Waals surface area contributed by atoms with Gasteiger partial charge in [-0.3, -0.25) is 4.79 Å². The van der Waals surface area contributed by atoms with Gasteiger partial charge in [0.1, 0.15) is 17.5 Å². The van der Waals surface area contributed by atoms with Gasteiger partial charge in [0, 0.05) is 42.8 Å². The SMILES string of the molecule is CCN(CC)C(=O)Oc1ccc2c(ccn2Cc2cccc(F)c2)c1NC(=O)c1cc(F)cc(F)c1. The third kappa shape index (κ3) is 5.35. The van der Waals surface area contributed by atoms with Crippen LogP contribution in [-0.2, 0) is 6.54 Å². The lowest BCUT2D eigenvalue weighted by molar-refractivity contribution is 0.102. The van der Waals surface area contributed by atoms with E-state index in [1.807, 2.05) is 18.4 Å². The molecule has 1 N–H and O–H groups in total. The molecule has 0 aliphatic rings. The molecule has 2 amide bonds. The molecule has 0 saturated heterocycles. The molecule has 9 heteroatoms. The van der Waals surface area contributed by atoms with Crippen molar-refractivity contribution in [1.29, 1.82) is 0 Å². The fraction of sp³-hybridized carbons (Fsp3) is 0.185. The molecule has 0 radical (unpaired) electrons. The molecule has 0 atom stereocenters. The summed E-state index contributed by atoms with van der Waals surface area (Å²) < 4.78 is 48.5. The predicted octanol–water partition coefficient (Wildman–Crippen LogP) is 6.20. The van der Waals surface area contributed by atoms with E-state index in [4.69, 9.17) is 4.74 Å². The van der Waals surface area contributed by atoms with Crippen LogP contribution in [0.1, 0.15) is 29.8 Å². The predicted molar refractivity (Wildman–Crippen MR) is 131 cm³/mol. The number of benzene rings is 3. The summed E-state index contributed by atoms with van der Waals surface area (Å²) in [5, 5.41) is 3.18. The third-order valence-electron chi connectivity index (χ3n) is 5.74. The number of anilines is 1. The molecule has 0 fully saturated rings. The first-order valence-electron chi connectivity index (χ1n) is 11.4. The van der Waals surface area contributed by atoms with E-state index in [1.54, 1.807) is 30.5 Å². The normalized spacial score (nSPS) is 10.9. The van der Waals surface area contributed by atoms with E-state index in [-0.39, 0.29) is 22.8 Å². The van der Waals surface area contributed by atoms with Crippen LogP contribution < -0.4 is 10.1 Å². The number of hydrogen-bond acceptors (Lipinski definition) is 3. The van der Waals surface area contributed by atoms with E-state index >= 15 is 0 Å². The Balaban J connectivity index is 1.75. The maximum absolute atomic E-state index is 13.7. The van der Waals surface area contributed by atoms with Crippen LogP contribution in [0.15, 0.2) is 66.9 Å².